The molecule has 0 aliphatic rings. The summed E-state index contributed by atoms with van der Waals surface area (Å²) < 4.78 is 25.2. The fraction of sp³-hybridized carbons (Fsp3) is 0.300. The van der Waals surface area contributed by atoms with Crippen molar-refractivity contribution in [1.82, 2.24) is 9.29 Å². The molecular formula is C10H11ClN2O3S. The number of rotatable bonds is 4. The minimum Gasteiger partial charge on any atom is -0.326 e. The molecule has 0 fully saturated rings. The number of aromatic nitrogens is 1. The van der Waals surface area contributed by atoms with E-state index in [1.807, 2.05) is 0 Å². The van der Waals surface area contributed by atoms with E-state index in [0.717, 1.165) is 16.6 Å². The first kappa shape index (κ1) is 13.8. The normalized spacial score (nSPS) is 11.4. The molecule has 0 radical (unpaired) electrons. The number of nitrogens with one attached hydrogen (secondary N) is 1. The fourth-order valence-electron chi connectivity index (χ4n) is 1.20. The Morgan fingerprint density at radius 2 is 2.24 bits per heavy atom. The predicted octanol–water partition coefficient (Wildman–Crippen LogP) is 0.672. The average Bonchev–Trinajstić information content (AvgIpc) is 2.29. The number of hydrogen-bond acceptors (Lipinski definition) is 3. The molecule has 0 unspecified atom stereocenters. The highest BCUT2D eigenvalue weighted by molar-refractivity contribution is 7.89. The van der Waals surface area contributed by atoms with Crippen molar-refractivity contribution < 1.29 is 8.42 Å². The minimum absolute atomic E-state index is 0.0322. The Kier molecular flexibility index (Phi) is 4.34. The minimum atomic E-state index is -3.72. The van der Waals surface area contributed by atoms with Crippen LogP contribution in [0.15, 0.2) is 22.0 Å². The molecule has 0 aromatic carbocycles. The Labute approximate surface area is 104 Å². The first-order valence-corrected chi connectivity index (χ1v) is 6.57. The van der Waals surface area contributed by atoms with Crippen LogP contribution in [0.4, 0.5) is 0 Å². The zero-order valence-electron chi connectivity index (χ0n) is 9.10. The lowest BCUT2D eigenvalue weighted by atomic mass is 10.5. The summed E-state index contributed by atoms with van der Waals surface area (Å²) >= 11 is 5.58. The average molecular weight is 275 g/mol. The molecule has 1 aromatic heterocycles. The molecule has 0 amide bonds. The van der Waals surface area contributed by atoms with Gasteiger partial charge in [0.25, 0.3) is 5.56 Å². The molecule has 0 aliphatic heterocycles. The number of H-pyrrole nitrogens is 1. The second kappa shape index (κ2) is 5.36. The molecule has 1 rings (SSSR count). The Morgan fingerprint density at radius 1 is 1.59 bits per heavy atom. The molecule has 1 aromatic rings. The van der Waals surface area contributed by atoms with E-state index >= 15 is 0 Å². The van der Waals surface area contributed by atoms with Crippen molar-refractivity contribution in [3.63, 3.8) is 0 Å². The maximum absolute atomic E-state index is 12.1. The number of hydrogen-bond donors (Lipinski definition) is 1. The number of aromatic amines is 1. The number of sulfonamides is 1. The highest BCUT2D eigenvalue weighted by Crippen LogP contribution is 2.15. The van der Waals surface area contributed by atoms with E-state index in [-0.39, 0.29) is 23.0 Å². The van der Waals surface area contributed by atoms with Gasteiger partial charge in [-0.1, -0.05) is 24.4 Å². The lowest BCUT2D eigenvalue weighted by Crippen LogP contribution is -2.31. The van der Waals surface area contributed by atoms with E-state index in [2.05, 4.69) is 10.9 Å². The van der Waals surface area contributed by atoms with Gasteiger partial charge in [-0.25, -0.2) is 8.42 Å². The molecule has 0 atom stereocenters. The van der Waals surface area contributed by atoms with E-state index in [9.17, 15) is 13.2 Å². The molecule has 0 saturated heterocycles. The van der Waals surface area contributed by atoms with Gasteiger partial charge >= 0.3 is 0 Å². The van der Waals surface area contributed by atoms with E-state index in [1.165, 1.54) is 0 Å². The van der Waals surface area contributed by atoms with Gasteiger partial charge in [0.15, 0.2) is 0 Å². The van der Waals surface area contributed by atoms with E-state index in [4.69, 9.17) is 18.0 Å². The van der Waals surface area contributed by atoms with Crippen molar-refractivity contribution in [2.75, 3.05) is 13.1 Å². The first-order chi connectivity index (χ1) is 7.93. The molecule has 0 spiro atoms. The monoisotopic (exact) mass is 274 g/mol. The Bertz CT molecular complexity index is 601. The topological polar surface area (TPSA) is 70.2 Å². The van der Waals surface area contributed by atoms with Crippen LogP contribution in [0.2, 0.25) is 5.02 Å². The van der Waals surface area contributed by atoms with Crippen LogP contribution >= 0.6 is 11.6 Å². The second-order valence-corrected chi connectivity index (χ2v) is 5.49. The van der Waals surface area contributed by atoms with Gasteiger partial charge in [0.2, 0.25) is 10.0 Å². The molecule has 0 bridgehead atoms. The summed E-state index contributed by atoms with van der Waals surface area (Å²) in [6.07, 6.45) is 6.19. The standard InChI is InChI=1S/C10H11ClN2O3S/c1-3-5-13(4-2)17(15,16)8-6-9(11)10(14)12-7-8/h1,6-7H,4-5H2,2H3,(H,12,14). The molecule has 1 N–H and O–H groups in total. The second-order valence-electron chi connectivity index (χ2n) is 3.15. The third-order valence-electron chi connectivity index (χ3n) is 2.09. The molecule has 92 valence electrons. The van der Waals surface area contributed by atoms with Gasteiger partial charge in [0, 0.05) is 12.7 Å². The molecule has 17 heavy (non-hydrogen) atoms. The molecular weight excluding hydrogens is 264 g/mol. The van der Waals surface area contributed by atoms with Crippen LogP contribution in [0.25, 0.3) is 0 Å². The molecule has 7 heteroatoms. The van der Waals surface area contributed by atoms with E-state index < -0.39 is 15.6 Å². The zero-order valence-corrected chi connectivity index (χ0v) is 10.7. The predicted molar refractivity (Wildman–Crippen MR) is 65.3 cm³/mol. The summed E-state index contributed by atoms with van der Waals surface area (Å²) in [6, 6.07) is 1.11. The quantitative estimate of drug-likeness (QED) is 0.821. The smallest absolute Gasteiger partial charge is 0.266 e. The number of terminal acetylenes is 1. The maximum atomic E-state index is 12.1. The third kappa shape index (κ3) is 2.88. The van der Waals surface area contributed by atoms with Crippen molar-refractivity contribution in [3.8, 4) is 12.3 Å². The van der Waals surface area contributed by atoms with Crippen LogP contribution in [0.3, 0.4) is 0 Å². The van der Waals surface area contributed by atoms with Crippen LogP contribution < -0.4 is 5.56 Å². The van der Waals surface area contributed by atoms with Crippen molar-refractivity contribution in [3.05, 3.63) is 27.6 Å². The van der Waals surface area contributed by atoms with Crippen molar-refractivity contribution >= 4 is 21.6 Å². The Hall–Kier alpha value is -1.29. The lowest BCUT2D eigenvalue weighted by Gasteiger charge is -2.17. The summed E-state index contributed by atoms with van der Waals surface area (Å²) in [5.74, 6) is 2.26. The van der Waals surface area contributed by atoms with Gasteiger partial charge in [-0.05, 0) is 6.07 Å². The number of halogens is 1. The maximum Gasteiger partial charge on any atom is 0.266 e. The highest BCUT2D eigenvalue weighted by Gasteiger charge is 2.23. The van der Waals surface area contributed by atoms with Crippen molar-refractivity contribution in [1.29, 1.82) is 0 Å². The van der Waals surface area contributed by atoms with Gasteiger partial charge in [-0.15, -0.1) is 6.42 Å². The Balaban J connectivity index is 3.26. The number of nitrogens with zero attached hydrogens (tertiary/aromatic N) is 1. The molecule has 0 saturated carbocycles. The fourth-order valence-corrected chi connectivity index (χ4v) is 2.80. The van der Waals surface area contributed by atoms with Crippen LogP contribution in [0.5, 0.6) is 0 Å². The van der Waals surface area contributed by atoms with Crippen LogP contribution in [0, 0.1) is 12.3 Å². The SMILES string of the molecule is C#CCN(CC)S(=O)(=O)c1c[nH]c(=O)c(Cl)c1. The summed E-state index contributed by atoms with van der Waals surface area (Å²) in [6.45, 7) is 1.88. The van der Waals surface area contributed by atoms with Crippen molar-refractivity contribution in [2.45, 2.75) is 11.8 Å². The summed E-state index contributed by atoms with van der Waals surface area (Å²) in [5.41, 5.74) is -0.536. The van der Waals surface area contributed by atoms with Crippen molar-refractivity contribution in [2.24, 2.45) is 0 Å². The highest BCUT2D eigenvalue weighted by atomic mass is 35.5. The van der Waals surface area contributed by atoms with Gasteiger partial charge < -0.3 is 4.98 Å². The summed E-state index contributed by atoms with van der Waals surface area (Å²) in [7, 11) is -3.72. The van der Waals surface area contributed by atoms with Gasteiger partial charge in [0.05, 0.1) is 11.4 Å². The molecule has 1 heterocycles. The molecule has 5 nitrogen and oxygen atoms in total. The Morgan fingerprint density at radius 3 is 2.71 bits per heavy atom. The zero-order chi connectivity index (χ0) is 13.1. The van der Waals surface area contributed by atoms with Crippen LogP contribution in [-0.2, 0) is 10.0 Å². The summed E-state index contributed by atoms with van der Waals surface area (Å²) in [5, 5.41) is -0.178. The van der Waals surface area contributed by atoms with Crippen LogP contribution in [-0.4, -0.2) is 30.8 Å². The largest absolute Gasteiger partial charge is 0.326 e. The summed E-state index contributed by atoms with van der Waals surface area (Å²) in [4.78, 5) is 13.2. The number of pyridine rings is 1. The van der Waals surface area contributed by atoms with E-state index in [1.54, 1.807) is 6.92 Å². The van der Waals surface area contributed by atoms with Crippen LogP contribution in [0.1, 0.15) is 6.92 Å². The van der Waals surface area contributed by atoms with Gasteiger partial charge in [-0.3, -0.25) is 4.79 Å². The lowest BCUT2D eigenvalue weighted by molar-refractivity contribution is 0.464. The van der Waals surface area contributed by atoms with E-state index in [0.29, 0.717) is 0 Å². The first-order valence-electron chi connectivity index (χ1n) is 4.75. The third-order valence-corrected chi connectivity index (χ3v) is 4.27. The molecule has 0 aliphatic carbocycles. The van der Waals surface area contributed by atoms with Gasteiger partial charge in [0.1, 0.15) is 5.02 Å². The van der Waals surface area contributed by atoms with Gasteiger partial charge in [-0.2, -0.15) is 4.31 Å².